The molecule has 0 rings (SSSR count). The Hall–Kier alpha value is -0.690. The van der Waals surface area contributed by atoms with E-state index in [1.165, 1.54) is 0 Å². The molecule has 1 N–H and O–H groups in total. The van der Waals surface area contributed by atoms with Crippen molar-refractivity contribution in [2.24, 2.45) is 0 Å². The molecule has 0 amide bonds. The molecule has 0 aromatic heterocycles. The fraction of sp³-hybridized carbons (Fsp3) is 0.800. The Balaban J connectivity index is 3.04. The minimum Gasteiger partial charge on any atom is -0.317 e. The predicted molar refractivity (Wildman–Crippen MR) is 50.8 cm³/mol. The monoisotopic (exact) mass is 207 g/mol. The van der Waals surface area contributed by atoms with Crippen LogP contribution in [0.1, 0.15) is 32.1 Å². The summed E-state index contributed by atoms with van der Waals surface area (Å²) in [4.78, 5) is 0. The number of halogens is 3. The molecule has 0 aliphatic rings. The third-order valence-corrected chi connectivity index (χ3v) is 1.74. The minimum atomic E-state index is -4.02. The van der Waals surface area contributed by atoms with Gasteiger partial charge in [-0.25, -0.2) is 0 Å². The second kappa shape index (κ2) is 7.69. The fourth-order valence-corrected chi connectivity index (χ4v) is 1.02. The second-order valence-corrected chi connectivity index (χ2v) is 3.13. The number of unbranched alkanes of at least 4 members (excludes halogenated alkanes) is 2. The first-order valence-electron chi connectivity index (χ1n) is 4.77. The van der Waals surface area contributed by atoms with Crippen LogP contribution in [0.25, 0.3) is 0 Å². The lowest BCUT2D eigenvalue weighted by atomic mass is 10.2. The van der Waals surface area contributed by atoms with Gasteiger partial charge in [0.1, 0.15) is 0 Å². The first kappa shape index (κ1) is 13.3. The highest BCUT2D eigenvalue weighted by Gasteiger charge is 2.25. The van der Waals surface area contributed by atoms with E-state index >= 15 is 0 Å². The average Bonchev–Trinajstić information content (AvgIpc) is 2.08. The van der Waals surface area contributed by atoms with E-state index in [4.69, 9.17) is 6.42 Å². The molecule has 82 valence electrons. The van der Waals surface area contributed by atoms with Crippen molar-refractivity contribution in [1.29, 1.82) is 0 Å². The molecule has 0 saturated heterocycles. The summed E-state index contributed by atoms with van der Waals surface area (Å²) < 4.78 is 35.0. The average molecular weight is 207 g/mol. The van der Waals surface area contributed by atoms with Gasteiger partial charge in [-0.2, -0.15) is 13.2 Å². The SMILES string of the molecule is C#CCCCCNCCCC(F)(F)F. The summed E-state index contributed by atoms with van der Waals surface area (Å²) >= 11 is 0. The van der Waals surface area contributed by atoms with Crippen LogP contribution in [-0.2, 0) is 0 Å². The molecule has 0 atom stereocenters. The Kier molecular flexibility index (Phi) is 7.31. The summed E-state index contributed by atoms with van der Waals surface area (Å²) in [5.74, 6) is 2.51. The predicted octanol–water partition coefficient (Wildman–Crippen LogP) is 2.72. The van der Waals surface area contributed by atoms with Crippen LogP contribution < -0.4 is 5.32 Å². The van der Waals surface area contributed by atoms with Crippen molar-refractivity contribution in [2.75, 3.05) is 13.1 Å². The summed E-state index contributed by atoms with van der Waals surface area (Å²) in [6.07, 6.45) is 3.07. The molecule has 0 aliphatic heterocycles. The lowest BCUT2D eigenvalue weighted by molar-refractivity contribution is -0.135. The molecular formula is C10H16F3N. The van der Waals surface area contributed by atoms with Gasteiger partial charge in [0.2, 0.25) is 0 Å². The van der Waals surface area contributed by atoms with Gasteiger partial charge in [0.15, 0.2) is 0 Å². The summed E-state index contributed by atoms with van der Waals surface area (Å²) in [5.41, 5.74) is 0. The van der Waals surface area contributed by atoms with E-state index in [2.05, 4.69) is 11.2 Å². The van der Waals surface area contributed by atoms with E-state index in [1.807, 2.05) is 0 Å². The van der Waals surface area contributed by atoms with E-state index in [0.29, 0.717) is 6.54 Å². The first-order valence-corrected chi connectivity index (χ1v) is 4.77. The molecule has 0 aromatic rings. The maximum atomic E-state index is 11.7. The summed E-state index contributed by atoms with van der Waals surface area (Å²) in [5, 5.41) is 2.95. The molecule has 0 aromatic carbocycles. The van der Waals surface area contributed by atoms with Gasteiger partial charge in [-0.1, -0.05) is 0 Å². The number of hydrogen-bond donors (Lipinski definition) is 1. The van der Waals surface area contributed by atoms with E-state index in [0.717, 1.165) is 25.8 Å². The lowest BCUT2D eigenvalue weighted by Crippen LogP contribution is -2.19. The topological polar surface area (TPSA) is 12.0 Å². The smallest absolute Gasteiger partial charge is 0.317 e. The molecule has 0 radical (unpaired) electrons. The van der Waals surface area contributed by atoms with Crippen molar-refractivity contribution in [1.82, 2.24) is 5.32 Å². The summed E-state index contributed by atoms with van der Waals surface area (Å²) in [7, 11) is 0. The van der Waals surface area contributed by atoms with Crippen molar-refractivity contribution in [3.8, 4) is 12.3 Å². The Morgan fingerprint density at radius 2 is 1.71 bits per heavy atom. The molecular weight excluding hydrogens is 191 g/mol. The van der Waals surface area contributed by atoms with Gasteiger partial charge in [-0.05, 0) is 32.4 Å². The third-order valence-electron chi connectivity index (χ3n) is 1.74. The highest BCUT2D eigenvalue weighted by atomic mass is 19.4. The maximum absolute atomic E-state index is 11.7. The van der Waals surface area contributed by atoms with Crippen LogP contribution in [0.15, 0.2) is 0 Å². The summed E-state index contributed by atoms with van der Waals surface area (Å²) in [6, 6.07) is 0. The van der Waals surface area contributed by atoms with Gasteiger partial charge in [0.05, 0.1) is 0 Å². The number of rotatable bonds is 7. The van der Waals surface area contributed by atoms with Gasteiger partial charge in [0, 0.05) is 12.8 Å². The van der Waals surface area contributed by atoms with Crippen LogP contribution in [0, 0.1) is 12.3 Å². The number of hydrogen-bond acceptors (Lipinski definition) is 1. The zero-order valence-electron chi connectivity index (χ0n) is 8.16. The van der Waals surface area contributed by atoms with Crippen molar-refractivity contribution in [3.63, 3.8) is 0 Å². The minimum absolute atomic E-state index is 0.151. The van der Waals surface area contributed by atoms with Gasteiger partial charge < -0.3 is 5.32 Å². The molecule has 0 spiro atoms. The zero-order chi connectivity index (χ0) is 10.9. The number of alkyl halides is 3. The van der Waals surface area contributed by atoms with Crippen molar-refractivity contribution < 1.29 is 13.2 Å². The van der Waals surface area contributed by atoms with E-state index in [1.54, 1.807) is 0 Å². The van der Waals surface area contributed by atoms with E-state index in [-0.39, 0.29) is 6.42 Å². The molecule has 0 saturated carbocycles. The molecule has 0 unspecified atom stereocenters. The fourth-order valence-electron chi connectivity index (χ4n) is 1.02. The molecule has 0 bridgehead atoms. The van der Waals surface area contributed by atoms with Crippen LogP contribution in [0.4, 0.5) is 13.2 Å². The standard InChI is InChI=1S/C10H16F3N/c1-2-3-4-5-8-14-9-6-7-10(11,12)13/h1,14H,3-9H2. The third kappa shape index (κ3) is 11.3. The van der Waals surface area contributed by atoms with Gasteiger partial charge in [-0.3, -0.25) is 0 Å². The molecule has 14 heavy (non-hydrogen) atoms. The molecule has 0 heterocycles. The molecule has 0 fully saturated rings. The van der Waals surface area contributed by atoms with E-state index < -0.39 is 12.6 Å². The van der Waals surface area contributed by atoms with Crippen molar-refractivity contribution in [3.05, 3.63) is 0 Å². The molecule has 1 nitrogen and oxygen atoms in total. The lowest BCUT2D eigenvalue weighted by Gasteiger charge is -2.06. The van der Waals surface area contributed by atoms with Crippen LogP contribution in [0.3, 0.4) is 0 Å². The van der Waals surface area contributed by atoms with Gasteiger partial charge in [0.25, 0.3) is 0 Å². The zero-order valence-corrected chi connectivity index (χ0v) is 8.16. The Morgan fingerprint density at radius 1 is 1.07 bits per heavy atom. The molecule has 0 aliphatic carbocycles. The highest BCUT2D eigenvalue weighted by molar-refractivity contribution is 4.82. The van der Waals surface area contributed by atoms with E-state index in [9.17, 15) is 13.2 Å². The largest absolute Gasteiger partial charge is 0.389 e. The summed E-state index contributed by atoms with van der Waals surface area (Å²) in [6.45, 7) is 1.18. The number of terminal acetylenes is 1. The van der Waals surface area contributed by atoms with Gasteiger partial charge >= 0.3 is 6.18 Å². The van der Waals surface area contributed by atoms with Crippen molar-refractivity contribution in [2.45, 2.75) is 38.3 Å². The Bertz CT molecular complexity index is 169. The highest BCUT2D eigenvalue weighted by Crippen LogP contribution is 2.20. The number of nitrogens with one attached hydrogen (secondary N) is 1. The first-order chi connectivity index (χ1) is 6.56. The quantitative estimate of drug-likeness (QED) is 0.500. The Morgan fingerprint density at radius 3 is 2.29 bits per heavy atom. The van der Waals surface area contributed by atoms with Crippen LogP contribution in [0.5, 0.6) is 0 Å². The maximum Gasteiger partial charge on any atom is 0.389 e. The second-order valence-electron chi connectivity index (χ2n) is 3.13. The normalized spacial score (nSPS) is 11.3. The molecule has 4 heteroatoms. The Labute approximate surface area is 83.1 Å². The van der Waals surface area contributed by atoms with Gasteiger partial charge in [-0.15, -0.1) is 12.3 Å². The van der Waals surface area contributed by atoms with Crippen LogP contribution >= 0.6 is 0 Å². The van der Waals surface area contributed by atoms with Crippen molar-refractivity contribution >= 4 is 0 Å². The van der Waals surface area contributed by atoms with Crippen LogP contribution in [-0.4, -0.2) is 19.3 Å². The van der Waals surface area contributed by atoms with Crippen LogP contribution in [0.2, 0.25) is 0 Å².